The molecule has 5 heteroatoms. The van der Waals surface area contributed by atoms with E-state index < -0.39 is 6.10 Å². The van der Waals surface area contributed by atoms with E-state index in [2.05, 4.69) is 5.32 Å². The van der Waals surface area contributed by atoms with Crippen LogP contribution in [0.15, 0.2) is 42.5 Å². The molecule has 0 radical (unpaired) electrons. The van der Waals surface area contributed by atoms with Crippen molar-refractivity contribution in [2.45, 2.75) is 12.5 Å². The molecule has 102 valence electrons. The van der Waals surface area contributed by atoms with E-state index in [4.69, 9.17) is 27.9 Å². The van der Waals surface area contributed by atoms with Crippen LogP contribution in [0.5, 0.6) is 5.75 Å². The lowest BCUT2D eigenvalue weighted by atomic mass is 10.1. The van der Waals surface area contributed by atoms with E-state index in [-0.39, 0.29) is 5.91 Å². The zero-order chi connectivity index (χ0) is 14.1. The van der Waals surface area contributed by atoms with Gasteiger partial charge >= 0.3 is 0 Å². The van der Waals surface area contributed by atoms with Crippen molar-refractivity contribution in [2.24, 2.45) is 0 Å². The van der Waals surface area contributed by atoms with Crippen molar-refractivity contribution in [3.63, 3.8) is 0 Å². The molecule has 1 N–H and O–H groups in total. The summed E-state index contributed by atoms with van der Waals surface area (Å²) >= 11 is 11.8. The van der Waals surface area contributed by atoms with Gasteiger partial charge in [-0.25, -0.2) is 0 Å². The van der Waals surface area contributed by atoms with Crippen LogP contribution in [0, 0.1) is 0 Å². The van der Waals surface area contributed by atoms with Crippen molar-refractivity contribution < 1.29 is 9.53 Å². The van der Waals surface area contributed by atoms with Crippen LogP contribution in [0.3, 0.4) is 0 Å². The molecule has 2 aromatic rings. The second-order valence-electron chi connectivity index (χ2n) is 4.54. The van der Waals surface area contributed by atoms with Gasteiger partial charge in [0.2, 0.25) is 0 Å². The van der Waals surface area contributed by atoms with Crippen molar-refractivity contribution in [1.82, 2.24) is 0 Å². The molecule has 1 amide bonds. The monoisotopic (exact) mass is 307 g/mol. The third-order valence-corrected chi connectivity index (χ3v) is 3.87. The Hall–Kier alpha value is -1.71. The number of nitrogens with one attached hydrogen (secondary N) is 1. The number of ether oxygens (including phenoxy) is 1. The minimum atomic E-state index is -0.512. The molecule has 3 nitrogen and oxygen atoms in total. The Kier molecular flexibility index (Phi) is 3.55. The Balaban J connectivity index is 1.71. The molecule has 0 aromatic heterocycles. The van der Waals surface area contributed by atoms with Crippen molar-refractivity contribution in [3.05, 3.63) is 58.1 Å². The zero-order valence-corrected chi connectivity index (χ0v) is 11.9. The van der Waals surface area contributed by atoms with Crippen molar-refractivity contribution >= 4 is 34.8 Å². The lowest BCUT2D eigenvalue weighted by Gasteiger charge is -2.11. The Morgan fingerprint density at radius 3 is 2.70 bits per heavy atom. The molecule has 1 aliphatic rings. The van der Waals surface area contributed by atoms with Crippen molar-refractivity contribution in [3.8, 4) is 5.75 Å². The molecule has 3 rings (SSSR count). The maximum atomic E-state index is 12.2. The van der Waals surface area contributed by atoms with E-state index in [1.807, 2.05) is 24.3 Å². The summed E-state index contributed by atoms with van der Waals surface area (Å²) < 4.78 is 5.62. The molecule has 0 aliphatic carbocycles. The summed E-state index contributed by atoms with van der Waals surface area (Å²) in [6.07, 6.45) is 0.0606. The number of amides is 1. The number of anilines is 1. The molecule has 0 saturated carbocycles. The highest BCUT2D eigenvalue weighted by Gasteiger charge is 2.28. The maximum absolute atomic E-state index is 12.2. The van der Waals surface area contributed by atoms with Gasteiger partial charge in [-0.3, -0.25) is 4.79 Å². The third-order valence-electron chi connectivity index (χ3n) is 3.13. The zero-order valence-electron chi connectivity index (χ0n) is 10.4. The number of hydrogen-bond donors (Lipinski definition) is 1. The molecule has 20 heavy (non-hydrogen) atoms. The maximum Gasteiger partial charge on any atom is 0.265 e. The van der Waals surface area contributed by atoms with Crippen LogP contribution in [0.2, 0.25) is 10.0 Å². The van der Waals surface area contributed by atoms with Gasteiger partial charge in [-0.05, 0) is 29.8 Å². The van der Waals surface area contributed by atoms with Crippen LogP contribution < -0.4 is 10.1 Å². The fraction of sp³-hybridized carbons (Fsp3) is 0.133. The summed E-state index contributed by atoms with van der Waals surface area (Å²) in [5.41, 5.74) is 1.64. The van der Waals surface area contributed by atoms with Crippen molar-refractivity contribution in [1.29, 1.82) is 0 Å². The van der Waals surface area contributed by atoms with E-state index in [0.717, 1.165) is 11.3 Å². The SMILES string of the molecule is O=C(Nc1ccc(Cl)c(Cl)c1)[C@H]1Cc2ccccc2O1. The number of carbonyl (C=O) groups excluding carboxylic acids is 1. The second-order valence-corrected chi connectivity index (χ2v) is 5.35. The molecule has 1 atom stereocenters. The summed E-state index contributed by atoms with van der Waals surface area (Å²) in [7, 11) is 0. The van der Waals surface area contributed by atoms with E-state index in [0.29, 0.717) is 22.2 Å². The standard InChI is InChI=1S/C15H11Cl2NO2/c16-11-6-5-10(8-12(11)17)18-15(19)14-7-9-3-1-2-4-13(9)20-14/h1-6,8,14H,7H2,(H,18,19)/t14-/m1/s1. The lowest BCUT2D eigenvalue weighted by molar-refractivity contribution is -0.122. The lowest BCUT2D eigenvalue weighted by Crippen LogP contribution is -2.31. The van der Waals surface area contributed by atoms with Crippen LogP contribution in [0.4, 0.5) is 5.69 Å². The van der Waals surface area contributed by atoms with Crippen molar-refractivity contribution in [2.75, 3.05) is 5.32 Å². The molecule has 1 heterocycles. The molecule has 0 bridgehead atoms. The number of benzene rings is 2. The van der Waals surface area contributed by atoms with E-state index in [1.54, 1.807) is 18.2 Å². The third kappa shape index (κ3) is 2.60. The summed E-state index contributed by atoms with van der Waals surface area (Å²) in [6, 6.07) is 12.6. The van der Waals surface area contributed by atoms with Gasteiger partial charge in [-0.2, -0.15) is 0 Å². The number of carbonyl (C=O) groups is 1. The first-order chi connectivity index (χ1) is 9.63. The number of fused-ring (bicyclic) bond motifs is 1. The fourth-order valence-electron chi connectivity index (χ4n) is 2.12. The minimum absolute atomic E-state index is 0.195. The minimum Gasteiger partial charge on any atom is -0.480 e. The highest BCUT2D eigenvalue weighted by atomic mass is 35.5. The van der Waals surface area contributed by atoms with Gasteiger partial charge in [-0.15, -0.1) is 0 Å². The van der Waals surface area contributed by atoms with Crippen LogP contribution in [0.25, 0.3) is 0 Å². The molecule has 1 aliphatic heterocycles. The van der Waals surface area contributed by atoms with Crippen LogP contribution in [-0.2, 0) is 11.2 Å². The molecule has 0 unspecified atom stereocenters. The second kappa shape index (κ2) is 5.35. The average Bonchev–Trinajstić information content (AvgIpc) is 2.87. The first-order valence-electron chi connectivity index (χ1n) is 6.14. The van der Waals surface area contributed by atoms with Gasteiger partial charge in [0.1, 0.15) is 5.75 Å². The normalized spacial score (nSPS) is 16.4. The highest BCUT2D eigenvalue weighted by molar-refractivity contribution is 6.42. The van der Waals surface area contributed by atoms with Crippen LogP contribution >= 0.6 is 23.2 Å². The fourth-order valence-corrected chi connectivity index (χ4v) is 2.42. The Bertz CT molecular complexity index is 648. The Morgan fingerprint density at radius 2 is 1.95 bits per heavy atom. The molecule has 2 aromatic carbocycles. The van der Waals surface area contributed by atoms with Gasteiger partial charge in [0, 0.05) is 12.1 Å². The quantitative estimate of drug-likeness (QED) is 0.912. The predicted molar refractivity (Wildman–Crippen MR) is 79.7 cm³/mol. The molecule has 0 spiro atoms. The molecule has 0 saturated heterocycles. The van der Waals surface area contributed by atoms with E-state index >= 15 is 0 Å². The van der Waals surface area contributed by atoms with Gasteiger partial charge in [0.05, 0.1) is 10.0 Å². The highest BCUT2D eigenvalue weighted by Crippen LogP contribution is 2.29. The van der Waals surface area contributed by atoms with E-state index in [1.165, 1.54) is 0 Å². The Labute approximate surface area is 126 Å². The molecule has 0 fully saturated rings. The smallest absolute Gasteiger partial charge is 0.265 e. The van der Waals surface area contributed by atoms with Gasteiger partial charge in [-0.1, -0.05) is 41.4 Å². The molecular formula is C15H11Cl2NO2. The Morgan fingerprint density at radius 1 is 1.15 bits per heavy atom. The van der Waals surface area contributed by atoms with Gasteiger partial charge < -0.3 is 10.1 Å². The summed E-state index contributed by atoms with van der Waals surface area (Å²) in [5, 5.41) is 3.64. The van der Waals surface area contributed by atoms with Gasteiger partial charge in [0.25, 0.3) is 5.91 Å². The summed E-state index contributed by atoms with van der Waals surface area (Å²) in [5.74, 6) is 0.571. The summed E-state index contributed by atoms with van der Waals surface area (Å²) in [4.78, 5) is 12.2. The van der Waals surface area contributed by atoms with Crippen LogP contribution in [-0.4, -0.2) is 12.0 Å². The first kappa shape index (κ1) is 13.3. The number of halogens is 2. The van der Waals surface area contributed by atoms with E-state index in [9.17, 15) is 4.79 Å². The van der Waals surface area contributed by atoms with Gasteiger partial charge in [0.15, 0.2) is 6.10 Å². The first-order valence-corrected chi connectivity index (χ1v) is 6.89. The predicted octanol–water partition coefficient (Wildman–Crippen LogP) is 3.94. The average molecular weight is 308 g/mol. The number of hydrogen-bond acceptors (Lipinski definition) is 2. The number of rotatable bonds is 2. The largest absolute Gasteiger partial charge is 0.480 e. The summed E-state index contributed by atoms with van der Waals surface area (Å²) in [6.45, 7) is 0. The van der Waals surface area contributed by atoms with Crippen LogP contribution in [0.1, 0.15) is 5.56 Å². The molecular weight excluding hydrogens is 297 g/mol. The topological polar surface area (TPSA) is 38.3 Å². The number of para-hydroxylation sites is 1.